The van der Waals surface area contributed by atoms with Crippen molar-refractivity contribution in [1.29, 1.82) is 0 Å². The predicted octanol–water partition coefficient (Wildman–Crippen LogP) is 1.77. The fourth-order valence-electron chi connectivity index (χ4n) is 1.84. The lowest BCUT2D eigenvalue weighted by Gasteiger charge is -2.17. The fourth-order valence-corrected chi connectivity index (χ4v) is 1.84. The predicted molar refractivity (Wildman–Crippen MR) is 66.8 cm³/mol. The number of nitrogens with one attached hydrogen (secondary N) is 1. The van der Waals surface area contributed by atoms with Crippen LogP contribution in [0.4, 0.5) is 0 Å². The van der Waals surface area contributed by atoms with E-state index in [1.54, 1.807) is 0 Å². The van der Waals surface area contributed by atoms with Crippen LogP contribution in [0.5, 0.6) is 0 Å². The number of hydrogen-bond donors (Lipinski definition) is 2. The lowest BCUT2D eigenvalue weighted by Crippen LogP contribution is -2.42. The van der Waals surface area contributed by atoms with Gasteiger partial charge in [0.25, 0.3) is 0 Å². The molecule has 3 heteroatoms. The van der Waals surface area contributed by atoms with E-state index in [9.17, 15) is 9.90 Å². The monoisotopic (exact) mass is 229 g/mol. The Hall–Kier alpha value is -1.87. The largest absolute Gasteiger partial charge is 0.480 e. The topological polar surface area (TPSA) is 49.3 Å². The SMILES string of the molecule is O=C(O)C(Cc1ccccc1)NC1C=CC=C1. The number of rotatable bonds is 5. The van der Waals surface area contributed by atoms with Gasteiger partial charge in [0.05, 0.1) is 0 Å². The van der Waals surface area contributed by atoms with Gasteiger partial charge >= 0.3 is 5.97 Å². The molecule has 2 N–H and O–H groups in total. The Labute approximate surface area is 100 Å². The summed E-state index contributed by atoms with van der Waals surface area (Å²) in [5, 5.41) is 12.3. The average Bonchev–Trinajstić information content (AvgIpc) is 2.82. The number of aliphatic carboxylic acids is 1. The molecule has 0 spiro atoms. The van der Waals surface area contributed by atoms with Crippen LogP contribution in [-0.4, -0.2) is 23.2 Å². The highest BCUT2D eigenvalue weighted by atomic mass is 16.4. The maximum absolute atomic E-state index is 11.2. The van der Waals surface area contributed by atoms with Crippen LogP contribution in [0.2, 0.25) is 0 Å². The number of allylic oxidation sites excluding steroid dienone is 2. The molecular weight excluding hydrogens is 214 g/mol. The summed E-state index contributed by atoms with van der Waals surface area (Å²) in [7, 11) is 0. The van der Waals surface area contributed by atoms with Crippen LogP contribution in [0.1, 0.15) is 5.56 Å². The number of carbonyl (C=O) groups is 1. The van der Waals surface area contributed by atoms with Gasteiger partial charge in [-0.05, 0) is 12.0 Å². The third-order valence-electron chi connectivity index (χ3n) is 2.72. The second kappa shape index (κ2) is 5.46. The average molecular weight is 229 g/mol. The van der Waals surface area contributed by atoms with E-state index in [1.165, 1.54) is 0 Å². The zero-order chi connectivity index (χ0) is 12.1. The van der Waals surface area contributed by atoms with E-state index in [0.29, 0.717) is 6.42 Å². The van der Waals surface area contributed by atoms with Crippen LogP contribution in [0, 0.1) is 0 Å². The summed E-state index contributed by atoms with van der Waals surface area (Å²) in [4.78, 5) is 11.2. The highest BCUT2D eigenvalue weighted by Crippen LogP contribution is 2.07. The number of carboxylic acids is 1. The highest BCUT2D eigenvalue weighted by molar-refractivity contribution is 5.74. The molecule has 1 aliphatic carbocycles. The van der Waals surface area contributed by atoms with Gasteiger partial charge in [0, 0.05) is 6.04 Å². The second-order valence-corrected chi connectivity index (χ2v) is 4.04. The normalized spacial score (nSPS) is 16.2. The first-order valence-electron chi connectivity index (χ1n) is 5.63. The second-order valence-electron chi connectivity index (χ2n) is 4.04. The lowest BCUT2D eigenvalue weighted by molar-refractivity contribution is -0.139. The molecule has 1 aromatic carbocycles. The van der Waals surface area contributed by atoms with Crippen LogP contribution in [0.3, 0.4) is 0 Å². The molecule has 0 aromatic heterocycles. The van der Waals surface area contributed by atoms with Gasteiger partial charge in [-0.25, -0.2) is 0 Å². The van der Waals surface area contributed by atoms with Crippen LogP contribution in [0.25, 0.3) is 0 Å². The molecule has 2 rings (SSSR count). The van der Waals surface area contributed by atoms with E-state index in [2.05, 4.69) is 5.32 Å². The summed E-state index contributed by atoms with van der Waals surface area (Å²) in [6.45, 7) is 0. The molecule has 1 aliphatic rings. The van der Waals surface area contributed by atoms with Crippen LogP contribution >= 0.6 is 0 Å². The molecule has 1 atom stereocenters. The molecule has 1 aromatic rings. The highest BCUT2D eigenvalue weighted by Gasteiger charge is 2.20. The molecule has 0 radical (unpaired) electrons. The van der Waals surface area contributed by atoms with Crippen LogP contribution < -0.4 is 5.32 Å². The minimum atomic E-state index is -0.817. The van der Waals surface area contributed by atoms with Gasteiger partial charge in [-0.3, -0.25) is 10.1 Å². The minimum absolute atomic E-state index is 0.0276. The first-order valence-corrected chi connectivity index (χ1v) is 5.63. The van der Waals surface area contributed by atoms with E-state index in [0.717, 1.165) is 5.56 Å². The smallest absolute Gasteiger partial charge is 0.321 e. The Kier molecular flexibility index (Phi) is 3.73. The zero-order valence-electron chi connectivity index (χ0n) is 9.41. The van der Waals surface area contributed by atoms with Gasteiger partial charge < -0.3 is 5.11 Å². The van der Waals surface area contributed by atoms with Gasteiger partial charge in [-0.2, -0.15) is 0 Å². The van der Waals surface area contributed by atoms with Gasteiger partial charge in [0.15, 0.2) is 0 Å². The van der Waals surface area contributed by atoms with Crippen molar-refractivity contribution in [1.82, 2.24) is 5.32 Å². The first-order chi connectivity index (χ1) is 8.25. The number of hydrogen-bond acceptors (Lipinski definition) is 2. The Morgan fingerprint density at radius 2 is 1.88 bits per heavy atom. The minimum Gasteiger partial charge on any atom is -0.480 e. The molecule has 0 aliphatic heterocycles. The zero-order valence-corrected chi connectivity index (χ0v) is 9.41. The van der Waals surface area contributed by atoms with Crippen LogP contribution in [-0.2, 0) is 11.2 Å². The first kappa shape index (κ1) is 11.6. The van der Waals surface area contributed by atoms with Crippen molar-refractivity contribution in [3.05, 3.63) is 60.2 Å². The molecule has 0 fully saturated rings. The van der Waals surface area contributed by atoms with E-state index in [1.807, 2.05) is 54.6 Å². The fraction of sp³-hybridized carbons (Fsp3) is 0.214. The van der Waals surface area contributed by atoms with Crippen molar-refractivity contribution in [2.45, 2.75) is 18.5 Å². The standard InChI is InChI=1S/C14H15NO2/c16-14(17)13(15-12-8-4-5-9-12)10-11-6-2-1-3-7-11/h1-9,12-13,15H,10H2,(H,16,17). The third-order valence-corrected chi connectivity index (χ3v) is 2.72. The molecule has 17 heavy (non-hydrogen) atoms. The summed E-state index contributed by atoms with van der Waals surface area (Å²) < 4.78 is 0. The molecule has 88 valence electrons. The summed E-state index contributed by atoms with van der Waals surface area (Å²) >= 11 is 0. The van der Waals surface area contributed by atoms with Crippen molar-refractivity contribution in [2.24, 2.45) is 0 Å². The van der Waals surface area contributed by atoms with Crippen molar-refractivity contribution in [3.63, 3.8) is 0 Å². The maximum Gasteiger partial charge on any atom is 0.321 e. The summed E-state index contributed by atoms with van der Waals surface area (Å²) in [5.41, 5.74) is 1.03. The Balaban J connectivity index is 2.00. The Morgan fingerprint density at radius 3 is 2.47 bits per heavy atom. The molecule has 0 saturated carbocycles. The quantitative estimate of drug-likeness (QED) is 0.809. The number of carboxylic acid groups (broad SMARTS) is 1. The van der Waals surface area contributed by atoms with Gasteiger partial charge in [-0.15, -0.1) is 0 Å². The lowest BCUT2D eigenvalue weighted by atomic mass is 10.1. The van der Waals surface area contributed by atoms with Gasteiger partial charge in [0.1, 0.15) is 6.04 Å². The van der Waals surface area contributed by atoms with Gasteiger partial charge in [-0.1, -0.05) is 54.6 Å². The number of benzene rings is 1. The molecule has 0 amide bonds. The van der Waals surface area contributed by atoms with Crippen molar-refractivity contribution < 1.29 is 9.90 Å². The van der Waals surface area contributed by atoms with Crippen molar-refractivity contribution in [3.8, 4) is 0 Å². The van der Waals surface area contributed by atoms with E-state index in [4.69, 9.17) is 0 Å². The Morgan fingerprint density at radius 1 is 1.24 bits per heavy atom. The summed E-state index contributed by atoms with van der Waals surface area (Å²) in [5.74, 6) is -0.817. The Bertz CT molecular complexity index is 425. The molecule has 3 nitrogen and oxygen atoms in total. The molecule has 1 unspecified atom stereocenters. The molecular formula is C14H15NO2. The third kappa shape index (κ3) is 3.29. The molecule has 0 heterocycles. The molecule has 0 bridgehead atoms. The summed E-state index contributed by atoms with van der Waals surface area (Å²) in [6.07, 6.45) is 8.22. The maximum atomic E-state index is 11.2. The van der Waals surface area contributed by atoms with Crippen molar-refractivity contribution >= 4 is 5.97 Å². The molecule has 0 saturated heterocycles. The van der Waals surface area contributed by atoms with Gasteiger partial charge in [0.2, 0.25) is 0 Å². The van der Waals surface area contributed by atoms with Crippen molar-refractivity contribution in [2.75, 3.05) is 0 Å². The van der Waals surface area contributed by atoms with Crippen LogP contribution in [0.15, 0.2) is 54.6 Å². The van der Waals surface area contributed by atoms with E-state index in [-0.39, 0.29) is 6.04 Å². The summed E-state index contributed by atoms with van der Waals surface area (Å²) in [6, 6.07) is 9.12. The van der Waals surface area contributed by atoms with E-state index < -0.39 is 12.0 Å². The van der Waals surface area contributed by atoms with E-state index >= 15 is 0 Å².